The van der Waals surface area contributed by atoms with E-state index < -0.39 is 5.60 Å². The number of allylic oxidation sites excluding steroid dienone is 1. The van der Waals surface area contributed by atoms with Crippen molar-refractivity contribution in [3.63, 3.8) is 0 Å². The van der Waals surface area contributed by atoms with Gasteiger partial charge in [0.05, 0.1) is 19.8 Å². The summed E-state index contributed by atoms with van der Waals surface area (Å²) in [7, 11) is 5.49. The molecule has 0 radical (unpaired) electrons. The maximum absolute atomic E-state index is 11.7. The van der Waals surface area contributed by atoms with Crippen molar-refractivity contribution in [3.8, 4) is 11.5 Å². The molecule has 6 heteroatoms. The van der Waals surface area contributed by atoms with E-state index in [9.17, 15) is 5.11 Å². The molecule has 0 amide bonds. The summed E-state index contributed by atoms with van der Waals surface area (Å²) in [6, 6.07) is 14.5. The minimum atomic E-state index is -0.598. The fraction of sp³-hybridized carbons (Fsp3) is 0.500. The number of aliphatic hydroxyl groups is 1. The molecular formula is C30H39N3O3. The molecule has 3 aromatic rings. The van der Waals surface area contributed by atoms with E-state index in [2.05, 4.69) is 53.3 Å². The number of aromatic nitrogens is 2. The van der Waals surface area contributed by atoms with Crippen LogP contribution in [-0.4, -0.2) is 59.9 Å². The van der Waals surface area contributed by atoms with E-state index in [4.69, 9.17) is 14.5 Å². The molecule has 0 saturated heterocycles. The highest BCUT2D eigenvalue weighted by molar-refractivity contribution is 5.87. The number of nitrogens with one attached hydrogen (secondary N) is 1. The van der Waals surface area contributed by atoms with E-state index in [1.807, 2.05) is 12.1 Å². The summed E-state index contributed by atoms with van der Waals surface area (Å²) < 4.78 is 11.0. The number of hydrogen-bond acceptors (Lipinski definition) is 5. The van der Waals surface area contributed by atoms with Gasteiger partial charge in [0.1, 0.15) is 28.4 Å². The minimum Gasteiger partial charge on any atom is -0.494 e. The van der Waals surface area contributed by atoms with Crippen LogP contribution in [0.2, 0.25) is 0 Å². The highest BCUT2D eigenvalue weighted by Crippen LogP contribution is 2.49. The molecule has 2 bridgehead atoms. The molecule has 0 spiro atoms. The Morgan fingerprint density at radius 3 is 2.61 bits per heavy atom. The molecule has 6 rings (SSSR count). The van der Waals surface area contributed by atoms with Crippen molar-refractivity contribution < 1.29 is 14.6 Å². The lowest BCUT2D eigenvalue weighted by Crippen LogP contribution is -2.43. The molecule has 2 N–H and O–H groups in total. The van der Waals surface area contributed by atoms with Gasteiger partial charge in [-0.25, -0.2) is 4.98 Å². The third-order valence-corrected chi connectivity index (χ3v) is 8.22. The van der Waals surface area contributed by atoms with E-state index in [-0.39, 0.29) is 5.92 Å². The van der Waals surface area contributed by atoms with Crippen molar-refractivity contribution in [2.75, 3.05) is 34.4 Å². The van der Waals surface area contributed by atoms with Gasteiger partial charge in [-0.05, 0) is 74.9 Å². The summed E-state index contributed by atoms with van der Waals surface area (Å²) in [4.78, 5) is 10.5. The largest absolute Gasteiger partial charge is 0.494 e. The standard InChI is InChI=1S/C30H39N3O3/c1-33(17-8-13-27-31-28-25(35-2)14-15-26(36-3)29(28)32-27)18-16-30(34)20-22-11-7-12-23(30)19-24(22)21-9-5-4-6-10-21/h4-6,9-10,14-15,19,22-23,34H,7-8,11-13,16-18,20H2,1-3H3,(H,31,32)/t22-,23+,30-/m0/s1. The molecule has 1 saturated carbocycles. The van der Waals surface area contributed by atoms with Gasteiger partial charge in [0.2, 0.25) is 0 Å². The molecule has 1 fully saturated rings. The Balaban J connectivity index is 1.17. The van der Waals surface area contributed by atoms with Gasteiger partial charge in [0, 0.05) is 18.9 Å². The Bertz CT molecular complexity index is 1160. The Kier molecular flexibility index (Phi) is 7.35. The molecule has 1 heterocycles. The number of imidazole rings is 1. The molecule has 1 aromatic heterocycles. The molecule has 2 aromatic carbocycles. The minimum absolute atomic E-state index is 0.250. The smallest absolute Gasteiger partial charge is 0.146 e. The van der Waals surface area contributed by atoms with Crippen molar-refractivity contribution in [1.82, 2.24) is 14.9 Å². The number of nitrogens with zero attached hydrogens (tertiary/aromatic N) is 2. The van der Waals surface area contributed by atoms with Gasteiger partial charge in [-0.15, -0.1) is 0 Å². The van der Waals surface area contributed by atoms with Crippen LogP contribution in [0.25, 0.3) is 16.6 Å². The van der Waals surface area contributed by atoms with Crippen molar-refractivity contribution in [1.29, 1.82) is 0 Å². The summed E-state index contributed by atoms with van der Waals surface area (Å²) in [6.45, 7) is 1.86. The predicted molar refractivity (Wildman–Crippen MR) is 144 cm³/mol. The number of fused-ring (bicyclic) bond motifs is 4. The van der Waals surface area contributed by atoms with Crippen LogP contribution in [0.1, 0.15) is 49.9 Å². The van der Waals surface area contributed by atoms with Crippen LogP contribution in [0.5, 0.6) is 11.5 Å². The first-order valence-electron chi connectivity index (χ1n) is 13.3. The molecule has 3 aliphatic carbocycles. The lowest BCUT2D eigenvalue weighted by molar-refractivity contribution is -0.0299. The fourth-order valence-corrected chi connectivity index (χ4v) is 6.20. The van der Waals surface area contributed by atoms with Gasteiger partial charge < -0.3 is 24.5 Å². The second-order valence-electron chi connectivity index (χ2n) is 10.6. The Morgan fingerprint density at radius 1 is 1.06 bits per heavy atom. The number of rotatable bonds is 10. The van der Waals surface area contributed by atoms with Crippen molar-refractivity contribution in [2.24, 2.45) is 11.8 Å². The molecule has 6 nitrogen and oxygen atoms in total. The van der Waals surface area contributed by atoms with Gasteiger partial charge in [-0.1, -0.05) is 42.8 Å². The highest BCUT2D eigenvalue weighted by atomic mass is 16.5. The lowest BCUT2D eigenvalue weighted by Gasteiger charge is -2.41. The highest BCUT2D eigenvalue weighted by Gasteiger charge is 2.44. The number of aryl methyl sites for hydroxylation is 1. The molecule has 192 valence electrons. The normalized spacial score (nSPS) is 23.6. The monoisotopic (exact) mass is 489 g/mol. The number of aromatic amines is 1. The van der Waals surface area contributed by atoms with Crippen LogP contribution in [0, 0.1) is 11.8 Å². The van der Waals surface area contributed by atoms with Gasteiger partial charge in [0.25, 0.3) is 0 Å². The average molecular weight is 490 g/mol. The molecule has 36 heavy (non-hydrogen) atoms. The third-order valence-electron chi connectivity index (χ3n) is 8.22. The Labute approximate surface area is 214 Å². The summed E-state index contributed by atoms with van der Waals surface area (Å²) in [5.41, 5.74) is 3.88. The molecule has 3 aliphatic rings. The van der Waals surface area contributed by atoms with Gasteiger partial charge in [0.15, 0.2) is 0 Å². The fourth-order valence-electron chi connectivity index (χ4n) is 6.20. The van der Waals surface area contributed by atoms with Gasteiger partial charge in [-0.3, -0.25) is 0 Å². The predicted octanol–water partition coefficient (Wildman–Crippen LogP) is 5.47. The van der Waals surface area contributed by atoms with Gasteiger partial charge >= 0.3 is 0 Å². The van der Waals surface area contributed by atoms with Crippen molar-refractivity contribution >= 4 is 16.6 Å². The molecular weight excluding hydrogens is 450 g/mol. The molecule has 0 aliphatic heterocycles. The summed E-state index contributed by atoms with van der Waals surface area (Å²) in [5.74, 6) is 3.18. The summed E-state index contributed by atoms with van der Waals surface area (Å²) in [6.07, 6.45) is 9.42. The molecule has 3 atom stereocenters. The first-order chi connectivity index (χ1) is 17.5. The zero-order chi connectivity index (χ0) is 25.1. The van der Waals surface area contributed by atoms with E-state index >= 15 is 0 Å². The van der Waals surface area contributed by atoms with Crippen LogP contribution in [-0.2, 0) is 6.42 Å². The van der Waals surface area contributed by atoms with Gasteiger partial charge in [-0.2, -0.15) is 0 Å². The molecule has 0 unspecified atom stereocenters. The van der Waals surface area contributed by atoms with Crippen LogP contribution in [0.15, 0.2) is 48.5 Å². The van der Waals surface area contributed by atoms with Crippen molar-refractivity contribution in [3.05, 3.63) is 59.9 Å². The van der Waals surface area contributed by atoms with Crippen LogP contribution < -0.4 is 9.47 Å². The zero-order valence-corrected chi connectivity index (χ0v) is 21.8. The van der Waals surface area contributed by atoms with E-state index in [0.717, 1.165) is 73.6 Å². The number of hydrogen-bond donors (Lipinski definition) is 2. The number of methoxy groups -OCH3 is 2. The lowest BCUT2D eigenvalue weighted by atomic mass is 9.70. The second kappa shape index (κ2) is 10.7. The topological polar surface area (TPSA) is 70.6 Å². The number of H-pyrrole nitrogens is 1. The second-order valence-corrected chi connectivity index (χ2v) is 10.6. The maximum Gasteiger partial charge on any atom is 0.146 e. The summed E-state index contributed by atoms with van der Waals surface area (Å²) >= 11 is 0. The number of ether oxygens (including phenoxy) is 2. The maximum atomic E-state index is 11.7. The Hall–Kier alpha value is -2.83. The number of benzene rings is 2. The van der Waals surface area contributed by atoms with Crippen LogP contribution in [0.4, 0.5) is 0 Å². The summed E-state index contributed by atoms with van der Waals surface area (Å²) in [5, 5.41) is 11.7. The van der Waals surface area contributed by atoms with Crippen molar-refractivity contribution in [2.45, 2.75) is 50.5 Å². The quantitative estimate of drug-likeness (QED) is 0.395. The van der Waals surface area contributed by atoms with E-state index in [1.54, 1.807) is 14.2 Å². The first kappa shape index (κ1) is 24.8. The average Bonchev–Trinajstić information content (AvgIpc) is 3.12. The first-order valence-corrected chi connectivity index (χ1v) is 13.3. The zero-order valence-electron chi connectivity index (χ0n) is 21.8. The van der Waals surface area contributed by atoms with E-state index in [1.165, 1.54) is 24.0 Å². The third kappa shape index (κ3) is 5.02. The van der Waals surface area contributed by atoms with E-state index in [0.29, 0.717) is 5.92 Å². The van der Waals surface area contributed by atoms with Crippen LogP contribution in [0.3, 0.4) is 0 Å². The SMILES string of the molecule is COc1ccc(OC)c2[nH]c(CCCN(C)CC[C@]3(O)C[C@@H]4CCC[C@@H]3C=C4c3ccccc3)nc12. The Morgan fingerprint density at radius 2 is 1.83 bits per heavy atom. The van der Waals surface area contributed by atoms with Crippen LogP contribution >= 0.6 is 0 Å².